The zero-order valence-corrected chi connectivity index (χ0v) is 13.9. The van der Waals surface area contributed by atoms with Gasteiger partial charge in [-0.1, -0.05) is 43.5 Å². The Morgan fingerprint density at radius 3 is 2.22 bits per heavy atom. The molecule has 3 rings (SSSR count). The van der Waals surface area contributed by atoms with Crippen LogP contribution in [-0.4, -0.2) is 26.7 Å². The van der Waals surface area contributed by atoms with Crippen molar-refractivity contribution in [3.63, 3.8) is 0 Å². The number of aryl methyl sites for hydroxylation is 1. The van der Waals surface area contributed by atoms with Crippen LogP contribution in [0.1, 0.15) is 50.2 Å². The van der Waals surface area contributed by atoms with E-state index in [1.54, 1.807) is 6.08 Å². The van der Waals surface area contributed by atoms with Gasteiger partial charge in [-0.2, -0.15) is 0 Å². The van der Waals surface area contributed by atoms with E-state index in [4.69, 9.17) is 0 Å². The predicted octanol–water partition coefficient (Wildman–Crippen LogP) is 3.33. The fourth-order valence-corrected chi connectivity index (χ4v) is 4.07. The first-order valence-corrected chi connectivity index (χ1v) is 8.51. The summed E-state index contributed by atoms with van der Waals surface area (Å²) >= 11 is 0. The van der Waals surface area contributed by atoms with Gasteiger partial charge < -0.3 is 15.3 Å². The van der Waals surface area contributed by atoms with Crippen LogP contribution < -0.4 is 0 Å². The van der Waals surface area contributed by atoms with Crippen molar-refractivity contribution in [2.45, 2.75) is 57.3 Å². The summed E-state index contributed by atoms with van der Waals surface area (Å²) < 4.78 is 0. The third-order valence-corrected chi connectivity index (χ3v) is 5.46. The maximum atomic E-state index is 11.1. The summed E-state index contributed by atoms with van der Waals surface area (Å²) in [5.41, 5.74) is 2.12. The summed E-state index contributed by atoms with van der Waals surface area (Å²) in [7, 11) is 0. The summed E-state index contributed by atoms with van der Waals surface area (Å²) in [6.45, 7) is 3.93. The third kappa shape index (κ3) is 2.78. The monoisotopic (exact) mass is 314 g/mol. The molecule has 2 aliphatic carbocycles. The van der Waals surface area contributed by atoms with Crippen LogP contribution in [0.25, 0.3) is 5.57 Å². The summed E-state index contributed by atoms with van der Waals surface area (Å²) in [6.07, 6.45) is 7.98. The van der Waals surface area contributed by atoms with E-state index in [2.05, 4.69) is 0 Å². The van der Waals surface area contributed by atoms with E-state index in [0.29, 0.717) is 0 Å². The lowest BCUT2D eigenvalue weighted by atomic mass is 9.68. The van der Waals surface area contributed by atoms with Gasteiger partial charge in [-0.15, -0.1) is 0 Å². The molecule has 0 spiro atoms. The Balaban J connectivity index is 2.02. The van der Waals surface area contributed by atoms with Crippen LogP contribution in [0.2, 0.25) is 0 Å². The number of benzene rings is 1. The molecule has 3 nitrogen and oxygen atoms in total. The second-order valence-electron chi connectivity index (χ2n) is 7.09. The quantitative estimate of drug-likeness (QED) is 0.734. The molecule has 1 atom stereocenters. The van der Waals surface area contributed by atoms with Gasteiger partial charge in [-0.3, -0.25) is 0 Å². The third-order valence-electron chi connectivity index (χ3n) is 5.46. The minimum absolute atomic E-state index is 0.115. The molecule has 1 unspecified atom stereocenters. The Labute approximate surface area is 138 Å². The topological polar surface area (TPSA) is 60.7 Å². The van der Waals surface area contributed by atoms with Crippen LogP contribution in [0.3, 0.4) is 0 Å². The highest BCUT2D eigenvalue weighted by atomic mass is 16.5. The van der Waals surface area contributed by atoms with E-state index in [1.165, 1.54) is 6.08 Å². The molecule has 0 radical (unpaired) electrons. The molecule has 2 aliphatic rings. The van der Waals surface area contributed by atoms with Crippen molar-refractivity contribution in [1.82, 2.24) is 0 Å². The second kappa shape index (κ2) is 5.90. The standard InChI is InChI=1S/C20H26O3/c1-14-8-6-7-11-17(14)18-13-20(22,23)19(21,12-15(18)2)16-9-4-3-5-10-16/h6-8,11-13,16,21-23H,3-5,9-10H2,1-2H3. The summed E-state index contributed by atoms with van der Waals surface area (Å²) in [5, 5.41) is 32.4. The van der Waals surface area contributed by atoms with Gasteiger partial charge in [-0.05, 0) is 67.0 Å². The average molecular weight is 314 g/mol. The van der Waals surface area contributed by atoms with Crippen LogP contribution in [0.5, 0.6) is 0 Å². The molecule has 0 saturated heterocycles. The maximum Gasteiger partial charge on any atom is 0.217 e. The molecule has 1 aromatic carbocycles. The molecule has 124 valence electrons. The number of aliphatic hydroxyl groups is 3. The zero-order valence-electron chi connectivity index (χ0n) is 13.9. The Kier molecular flexibility index (Phi) is 4.21. The molecule has 23 heavy (non-hydrogen) atoms. The fraction of sp³-hybridized carbons (Fsp3) is 0.500. The maximum absolute atomic E-state index is 11.1. The Morgan fingerprint density at radius 2 is 1.57 bits per heavy atom. The number of hydrogen-bond acceptors (Lipinski definition) is 3. The van der Waals surface area contributed by atoms with E-state index in [9.17, 15) is 15.3 Å². The van der Waals surface area contributed by atoms with Crippen molar-refractivity contribution in [1.29, 1.82) is 0 Å². The first kappa shape index (κ1) is 16.4. The number of hydrogen-bond donors (Lipinski definition) is 3. The lowest BCUT2D eigenvalue weighted by Crippen LogP contribution is -2.58. The SMILES string of the molecule is CC1=CC(O)(C2CCCCC2)C(O)(O)C=C1c1ccccc1C. The Hall–Kier alpha value is -1.42. The zero-order chi connectivity index (χ0) is 16.7. The molecule has 0 aromatic heterocycles. The van der Waals surface area contributed by atoms with Crippen molar-refractivity contribution in [3.8, 4) is 0 Å². The molecule has 1 saturated carbocycles. The van der Waals surface area contributed by atoms with E-state index in [1.807, 2.05) is 38.1 Å². The van der Waals surface area contributed by atoms with Crippen molar-refractivity contribution >= 4 is 5.57 Å². The van der Waals surface area contributed by atoms with Gasteiger partial charge in [0.15, 0.2) is 0 Å². The van der Waals surface area contributed by atoms with Gasteiger partial charge >= 0.3 is 0 Å². The van der Waals surface area contributed by atoms with E-state index in [0.717, 1.165) is 54.4 Å². The minimum atomic E-state index is -2.24. The largest absolute Gasteiger partial charge is 0.379 e. The van der Waals surface area contributed by atoms with E-state index < -0.39 is 11.4 Å². The predicted molar refractivity (Wildman–Crippen MR) is 91.6 cm³/mol. The van der Waals surface area contributed by atoms with E-state index in [-0.39, 0.29) is 5.92 Å². The van der Waals surface area contributed by atoms with Crippen molar-refractivity contribution in [3.05, 3.63) is 53.1 Å². The minimum Gasteiger partial charge on any atom is -0.379 e. The molecule has 1 fully saturated rings. The van der Waals surface area contributed by atoms with Gasteiger partial charge in [0, 0.05) is 0 Å². The second-order valence-corrected chi connectivity index (χ2v) is 7.09. The van der Waals surface area contributed by atoms with Crippen molar-refractivity contribution in [2.75, 3.05) is 0 Å². The highest BCUT2D eigenvalue weighted by molar-refractivity contribution is 5.82. The molecular weight excluding hydrogens is 288 g/mol. The van der Waals surface area contributed by atoms with Gasteiger partial charge in [-0.25, -0.2) is 0 Å². The number of allylic oxidation sites excluding steroid dienone is 2. The van der Waals surface area contributed by atoms with Crippen LogP contribution in [0.15, 0.2) is 42.0 Å². The fourth-order valence-electron chi connectivity index (χ4n) is 4.07. The van der Waals surface area contributed by atoms with Crippen LogP contribution in [0.4, 0.5) is 0 Å². The van der Waals surface area contributed by atoms with Gasteiger partial charge in [0.05, 0.1) is 0 Å². The highest BCUT2D eigenvalue weighted by Crippen LogP contribution is 2.45. The van der Waals surface area contributed by atoms with Gasteiger partial charge in [0.2, 0.25) is 5.79 Å². The summed E-state index contributed by atoms with van der Waals surface area (Å²) in [5.74, 6) is -2.36. The molecule has 3 N–H and O–H groups in total. The van der Waals surface area contributed by atoms with E-state index >= 15 is 0 Å². The van der Waals surface area contributed by atoms with Gasteiger partial charge in [0.25, 0.3) is 0 Å². The average Bonchev–Trinajstić information content (AvgIpc) is 2.53. The highest BCUT2D eigenvalue weighted by Gasteiger charge is 2.53. The van der Waals surface area contributed by atoms with Crippen LogP contribution in [0, 0.1) is 12.8 Å². The molecule has 0 bridgehead atoms. The van der Waals surface area contributed by atoms with Crippen LogP contribution in [-0.2, 0) is 0 Å². The number of rotatable bonds is 2. The molecule has 0 heterocycles. The lowest BCUT2D eigenvalue weighted by molar-refractivity contribution is -0.245. The summed E-state index contributed by atoms with van der Waals surface area (Å²) in [4.78, 5) is 0. The molecule has 0 aliphatic heterocycles. The Morgan fingerprint density at radius 1 is 0.913 bits per heavy atom. The van der Waals surface area contributed by atoms with Gasteiger partial charge in [0.1, 0.15) is 5.60 Å². The first-order chi connectivity index (χ1) is 10.8. The van der Waals surface area contributed by atoms with Crippen LogP contribution >= 0.6 is 0 Å². The van der Waals surface area contributed by atoms with Crippen molar-refractivity contribution < 1.29 is 15.3 Å². The smallest absolute Gasteiger partial charge is 0.217 e. The molecular formula is C20H26O3. The first-order valence-electron chi connectivity index (χ1n) is 8.51. The lowest BCUT2D eigenvalue weighted by Gasteiger charge is -2.46. The van der Waals surface area contributed by atoms with Crippen molar-refractivity contribution in [2.24, 2.45) is 5.92 Å². The molecule has 1 aromatic rings. The molecule has 0 amide bonds. The Bertz CT molecular complexity index is 651. The molecule has 3 heteroatoms. The normalized spacial score (nSPS) is 28.2. The summed E-state index contributed by atoms with van der Waals surface area (Å²) in [6, 6.07) is 7.88.